The number of fused-ring (bicyclic) bond motifs is 1. The SMILES string of the molecule is [2H]C1([2H])Oc2ccc(S(=O)(=O)Cl)cc2O1. The molecule has 1 aliphatic heterocycles. The molecule has 0 fully saturated rings. The van der Waals surface area contributed by atoms with E-state index in [1.165, 1.54) is 12.1 Å². The van der Waals surface area contributed by atoms with Gasteiger partial charge >= 0.3 is 0 Å². The average Bonchev–Trinajstić information content (AvgIpc) is 2.34. The highest BCUT2D eigenvalue weighted by atomic mass is 35.7. The van der Waals surface area contributed by atoms with Crippen molar-refractivity contribution in [1.82, 2.24) is 0 Å². The fourth-order valence-electron chi connectivity index (χ4n) is 0.915. The molecule has 0 radical (unpaired) electrons. The van der Waals surface area contributed by atoms with E-state index < -0.39 is 15.8 Å². The zero-order valence-electron chi connectivity index (χ0n) is 8.15. The van der Waals surface area contributed by atoms with E-state index in [2.05, 4.69) is 0 Å². The maximum Gasteiger partial charge on any atom is 0.261 e. The molecular formula is C7H5ClO4S. The molecule has 1 aromatic rings. The molecule has 1 heterocycles. The minimum atomic E-state index is -3.85. The van der Waals surface area contributed by atoms with Gasteiger partial charge in [0, 0.05) is 16.7 Å². The Morgan fingerprint density at radius 1 is 1.38 bits per heavy atom. The maximum atomic E-state index is 11.0. The summed E-state index contributed by atoms with van der Waals surface area (Å²) >= 11 is 0. The topological polar surface area (TPSA) is 52.6 Å². The molecule has 0 aromatic heterocycles. The van der Waals surface area contributed by atoms with Crippen LogP contribution in [0.3, 0.4) is 0 Å². The Kier molecular flexibility index (Phi) is 1.39. The molecule has 6 heteroatoms. The molecule has 13 heavy (non-hydrogen) atoms. The van der Waals surface area contributed by atoms with Crippen LogP contribution in [0.25, 0.3) is 0 Å². The molecule has 0 aliphatic carbocycles. The van der Waals surface area contributed by atoms with Gasteiger partial charge in [0.1, 0.15) is 2.74 Å². The molecule has 0 atom stereocenters. The Bertz CT molecular complexity index is 514. The third kappa shape index (κ3) is 1.57. The van der Waals surface area contributed by atoms with Crippen molar-refractivity contribution < 1.29 is 20.6 Å². The second-order valence-corrected chi connectivity index (χ2v) is 4.90. The smallest absolute Gasteiger partial charge is 0.261 e. The van der Waals surface area contributed by atoms with Gasteiger partial charge in [0.2, 0.25) is 6.75 Å². The molecule has 0 bridgehead atoms. The van der Waals surface area contributed by atoms with Crippen LogP contribution in [0.5, 0.6) is 11.5 Å². The monoisotopic (exact) mass is 222 g/mol. The Hall–Kier alpha value is -0.940. The maximum absolute atomic E-state index is 11.0. The van der Waals surface area contributed by atoms with E-state index in [1.807, 2.05) is 0 Å². The second kappa shape index (κ2) is 2.78. The first-order chi connectivity index (χ1) is 6.78. The number of halogens is 1. The molecular weight excluding hydrogens is 216 g/mol. The van der Waals surface area contributed by atoms with Gasteiger partial charge in [0.05, 0.1) is 4.90 Å². The number of rotatable bonds is 1. The van der Waals surface area contributed by atoms with Crippen molar-refractivity contribution >= 4 is 19.7 Å². The fourth-order valence-corrected chi connectivity index (χ4v) is 1.68. The Labute approximate surface area is 82.3 Å². The third-order valence-corrected chi connectivity index (χ3v) is 2.85. The van der Waals surface area contributed by atoms with Crippen molar-refractivity contribution in [3.63, 3.8) is 0 Å². The summed E-state index contributed by atoms with van der Waals surface area (Å²) in [4.78, 5) is -0.163. The predicted octanol–water partition coefficient (Wildman–Crippen LogP) is 1.34. The lowest BCUT2D eigenvalue weighted by Gasteiger charge is -1.97. The molecule has 1 aliphatic rings. The van der Waals surface area contributed by atoms with Crippen molar-refractivity contribution in [2.24, 2.45) is 0 Å². The van der Waals surface area contributed by atoms with Crippen LogP contribution in [0, 0.1) is 0 Å². The largest absolute Gasteiger partial charge is 0.454 e. The lowest BCUT2D eigenvalue weighted by molar-refractivity contribution is 0.174. The standard InChI is InChI=1S/C7H5ClO4S/c8-13(9,10)5-1-2-6-7(3-5)12-4-11-6/h1-3H,4H2/i4D2. The molecule has 0 saturated heterocycles. The minimum absolute atomic E-state index is 0.0155. The van der Waals surface area contributed by atoms with Gasteiger partial charge < -0.3 is 9.47 Å². The van der Waals surface area contributed by atoms with Gasteiger partial charge in [-0.25, -0.2) is 8.42 Å². The van der Waals surface area contributed by atoms with Gasteiger partial charge in [-0.3, -0.25) is 0 Å². The molecule has 0 saturated carbocycles. The Balaban J connectivity index is 2.48. The van der Waals surface area contributed by atoms with Crippen LogP contribution in [-0.4, -0.2) is 15.2 Å². The molecule has 70 valence electrons. The highest BCUT2D eigenvalue weighted by Gasteiger charge is 2.17. The summed E-state index contributed by atoms with van der Waals surface area (Å²) in [6, 6.07) is 3.61. The van der Waals surface area contributed by atoms with Gasteiger partial charge in [0.15, 0.2) is 11.5 Å². The van der Waals surface area contributed by atoms with Crippen LogP contribution < -0.4 is 9.47 Å². The molecule has 0 spiro atoms. The van der Waals surface area contributed by atoms with Crippen molar-refractivity contribution in [1.29, 1.82) is 0 Å². The van der Waals surface area contributed by atoms with E-state index in [9.17, 15) is 8.42 Å². The molecule has 0 N–H and O–H groups in total. The number of benzene rings is 1. The molecule has 1 aromatic carbocycles. The van der Waals surface area contributed by atoms with Gasteiger partial charge in [-0.2, -0.15) is 0 Å². The van der Waals surface area contributed by atoms with Crippen LogP contribution in [0.4, 0.5) is 0 Å². The first-order valence-corrected chi connectivity index (χ1v) is 5.56. The number of hydrogen-bond donors (Lipinski definition) is 0. The van der Waals surface area contributed by atoms with Crippen molar-refractivity contribution in [2.45, 2.75) is 4.90 Å². The van der Waals surface area contributed by atoms with Crippen molar-refractivity contribution in [3.8, 4) is 11.5 Å². The van der Waals surface area contributed by atoms with Gasteiger partial charge in [-0.05, 0) is 12.1 Å². The summed E-state index contributed by atoms with van der Waals surface area (Å²) in [5.41, 5.74) is 0. The molecule has 2 rings (SSSR count). The minimum Gasteiger partial charge on any atom is -0.454 e. The van der Waals surface area contributed by atoms with E-state index in [1.54, 1.807) is 0 Å². The van der Waals surface area contributed by atoms with E-state index >= 15 is 0 Å². The van der Waals surface area contributed by atoms with Crippen LogP contribution in [0.2, 0.25) is 0 Å². The van der Waals surface area contributed by atoms with E-state index in [0.717, 1.165) is 6.07 Å². The quantitative estimate of drug-likeness (QED) is 0.673. The lowest BCUT2D eigenvalue weighted by atomic mass is 10.3. The zero-order chi connectivity index (χ0) is 11.3. The van der Waals surface area contributed by atoms with Crippen LogP contribution in [-0.2, 0) is 9.05 Å². The van der Waals surface area contributed by atoms with Gasteiger partial charge in [-0.1, -0.05) is 0 Å². The first-order valence-electron chi connectivity index (χ1n) is 4.25. The summed E-state index contributed by atoms with van der Waals surface area (Å²) < 4.78 is 45.7. The van der Waals surface area contributed by atoms with Crippen molar-refractivity contribution in [2.75, 3.05) is 6.75 Å². The van der Waals surface area contributed by atoms with Gasteiger partial charge in [0.25, 0.3) is 9.05 Å². The van der Waals surface area contributed by atoms with Crippen LogP contribution in [0.15, 0.2) is 23.1 Å². The van der Waals surface area contributed by atoms with Crippen LogP contribution in [0.1, 0.15) is 2.74 Å². The summed E-state index contributed by atoms with van der Waals surface area (Å²) in [5, 5.41) is 0. The van der Waals surface area contributed by atoms with Crippen LogP contribution >= 0.6 is 10.7 Å². The zero-order valence-corrected chi connectivity index (χ0v) is 7.72. The number of ether oxygens (including phenoxy) is 2. The van der Waals surface area contributed by atoms with Crippen molar-refractivity contribution in [3.05, 3.63) is 18.2 Å². The van der Waals surface area contributed by atoms with E-state index in [-0.39, 0.29) is 16.4 Å². The summed E-state index contributed by atoms with van der Waals surface area (Å²) in [7, 11) is 1.27. The molecule has 0 amide bonds. The van der Waals surface area contributed by atoms with E-state index in [0.29, 0.717) is 0 Å². The highest BCUT2D eigenvalue weighted by molar-refractivity contribution is 8.13. The Morgan fingerprint density at radius 3 is 2.77 bits per heavy atom. The third-order valence-electron chi connectivity index (χ3n) is 1.50. The first kappa shape index (κ1) is 6.50. The number of hydrogen-bond acceptors (Lipinski definition) is 4. The average molecular weight is 223 g/mol. The second-order valence-electron chi connectivity index (χ2n) is 2.33. The van der Waals surface area contributed by atoms with E-state index in [4.69, 9.17) is 22.9 Å². The summed E-state index contributed by atoms with van der Waals surface area (Å²) in [6.45, 7) is -2.27. The normalized spacial score (nSPS) is 20.7. The Morgan fingerprint density at radius 2 is 2.08 bits per heavy atom. The summed E-state index contributed by atoms with van der Waals surface area (Å²) in [6.07, 6.45) is 0. The fraction of sp³-hybridized carbons (Fsp3) is 0.143. The molecule has 4 nitrogen and oxygen atoms in total. The summed E-state index contributed by atoms with van der Waals surface area (Å²) in [5.74, 6) is 0.158. The molecule has 0 unspecified atom stereocenters. The predicted molar refractivity (Wildman–Crippen MR) is 45.6 cm³/mol. The van der Waals surface area contributed by atoms with Gasteiger partial charge in [-0.15, -0.1) is 0 Å². The highest BCUT2D eigenvalue weighted by Crippen LogP contribution is 2.34. The lowest BCUT2D eigenvalue weighted by Crippen LogP contribution is -1.93.